The van der Waals surface area contributed by atoms with Gasteiger partial charge in [0.05, 0.1) is 23.1 Å². The van der Waals surface area contributed by atoms with E-state index >= 15 is 0 Å². The Balaban J connectivity index is 1.40. The van der Waals surface area contributed by atoms with Crippen LogP contribution in [0.2, 0.25) is 5.02 Å². The number of aromatic nitrogens is 2. The van der Waals surface area contributed by atoms with E-state index in [9.17, 15) is 13.6 Å². The lowest BCUT2D eigenvalue weighted by atomic mass is 10.1. The number of rotatable bonds is 7. The number of alkyl halides is 2. The first-order chi connectivity index (χ1) is 17.4. The molecule has 0 aliphatic carbocycles. The average molecular weight is 516 g/mol. The van der Waals surface area contributed by atoms with E-state index in [0.717, 1.165) is 37.4 Å². The molecule has 5 rings (SSSR count). The summed E-state index contributed by atoms with van der Waals surface area (Å²) in [5.74, 6) is 0.163. The predicted molar refractivity (Wildman–Crippen MR) is 134 cm³/mol. The van der Waals surface area contributed by atoms with Crippen LogP contribution in [0.4, 0.5) is 37.6 Å². The molecule has 0 radical (unpaired) electrons. The lowest BCUT2D eigenvalue weighted by Gasteiger charge is -2.34. The maximum absolute atomic E-state index is 13.2. The Bertz CT molecular complexity index is 1290. The molecule has 1 fully saturated rings. The molecule has 0 atom stereocenters. The quantitative estimate of drug-likeness (QED) is 0.431. The number of carbonyl (C=O) groups excluding carboxylic acids is 1. The lowest BCUT2D eigenvalue weighted by Crippen LogP contribution is -2.44. The molecule has 3 heterocycles. The number of ether oxygens (including phenoxy) is 1. The number of likely N-dealkylation sites (N-methyl/N-ethyl adjacent to an activating group) is 1. The van der Waals surface area contributed by atoms with E-state index in [0.29, 0.717) is 17.8 Å². The summed E-state index contributed by atoms with van der Waals surface area (Å²) in [6.45, 7) is 0.785. The van der Waals surface area contributed by atoms with Crippen LogP contribution in [0.3, 0.4) is 0 Å². The van der Waals surface area contributed by atoms with Crippen molar-refractivity contribution in [1.82, 2.24) is 20.2 Å². The van der Waals surface area contributed by atoms with Gasteiger partial charge in [-0.05, 0) is 30.8 Å². The summed E-state index contributed by atoms with van der Waals surface area (Å²) in [4.78, 5) is 25.1. The first kappa shape index (κ1) is 24.0. The summed E-state index contributed by atoms with van der Waals surface area (Å²) < 4.78 is 31.2. The predicted octanol–water partition coefficient (Wildman–Crippen LogP) is 4.21. The van der Waals surface area contributed by atoms with Gasteiger partial charge < -0.3 is 30.5 Å². The minimum atomic E-state index is -3.00. The fourth-order valence-electron chi connectivity index (χ4n) is 4.22. The number of anilines is 5. The molecule has 2 aromatic carbocycles. The third kappa shape index (κ3) is 5.12. The van der Waals surface area contributed by atoms with Crippen molar-refractivity contribution < 1.29 is 18.3 Å². The van der Waals surface area contributed by atoms with Crippen LogP contribution >= 0.6 is 11.6 Å². The Morgan fingerprint density at radius 2 is 1.92 bits per heavy atom. The van der Waals surface area contributed by atoms with E-state index < -0.39 is 6.61 Å². The zero-order chi connectivity index (χ0) is 25.2. The molecule has 2 aliphatic heterocycles. The van der Waals surface area contributed by atoms with Crippen molar-refractivity contribution in [3.8, 4) is 5.75 Å². The zero-order valence-corrected chi connectivity index (χ0v) is 20.1. The first-order valence-electron chi connectivity index (χ1n) is 11.4. The number of nitrogens with zero attached hydrogens (tertiary/aromatic N) is 4. The van der Waals surface area contributed by atoms with Gasteiger partial charge in [-0.3, -0.25) is 4.79 Å². The van der Waals surface area contributed by atoms with Crippen LogP contribution in [0.1, 0.15) is 15.9 Å². The van der Waals surface area contributed by atoms with Crippen molar-refractivity contribution in [3.05, 3.63) is 58.7 Å². The second-order valence-electron chi connectivity index (χ2n) is 8.51. The Morgan fingerprint density at radius 3 is 2.69 bits per heavy atom. The monoisotopic (exact) mass is 515 g/mol. The Morgan fingerprint density at radius 1 is 1.11 bits per heavy atom. The van der Waals surface area contributed by atoms with Crippen LogP contribution in [-0.2, 0) is 6.54 Å². The molecular formula is C24H24ClF2N7O2. The molecule has 1 amide bonds. The number of carbonyl (C=O) groups is 1. The number of fused-ring (bicyclic) bond motifs is 1. The van der Waals surface area contributed by atoms with Gasteiger partial charge in [0.15, 0.2) is 11.6 Å². The number of halogens is 3. The van der Waals surface area contributed by atoms with Gasteiger partial charge in [0.1, 0.15) is 5.02 Å². The summed E-state index contributed by atoms with van der Waals surface area (Å²) in [5.41, 5.74) is 3.00. The number of benzene rings is 2. The van der Waals surface area contributed by atoms with Crippen LogP contribution < -0.4 is 25.6 Å². The smallest absolute Gasteiger partial charge is 0.387 e. The van der Waals surface area contributed by atoms with E-state index in [1.165, 1.54) is 6.20 Å². The van der Waals surface area contributed by atoms with E-state index in [1.807, 2.05) is 25.2 Å². The number of nitrogens with one attached hydrogen (secondary N) is 3. The minimum absolute atomic E-state index is 0.0213. The van der Waals surface area contributed by atoms with Crippen LogP contribution in [0, 0.1) is 0 Å². The number of hydrogen-bond donors (Lipinski definition) is 3. The third-order valence-corrected chi connectivity index (χ3v) is 6.39. The fourth-order valence-corrected chi connectivity index (χ4v) is 4.35. The van der Waals surface area contributed by atoms with Crippen molar-refractivity contribution in [3.63, 3.8) is 0 Å². The molecule has 3 aromatic rings. The summed E-state index contributed by atoms with van der Waals surface area (Å²) in [5, 5.41) is 9.04. The molecule has 36 heavy (non-hydrogen) atoms. The highest BCUT2D eigenvalue weighted by Crippen LogP contribution is 2.34. The summed E-state index contributed by atoms with van der Waals surface area (Å²) >= 11 is 6.30. The van der Waals surface area contributed by atoms with Crippen LogP contribution in [0.15, 0.2) is 42.6 Å². The van der Waals surface area contributed by atoms with Gasteiger partial charge in [0.25, 0.3) is 5.91 Å². The van der Waals surface area contributed by atoms with Crippen LogP contribution in [0.25, 0.3) is 0 Å². The highest BCUT2D eigenvalue weighted by molar-refractivity contribution is 6.33. The highest BCUT2D eigenvalue weighted by Gasteiger charge is 2.23. The molecule has 0 saturated carbocycles. The van der Waals surface area contributed by atoms with Gasteiger partial charge in [0, 0.05) is 44.5 Å². The fraction of sp³-hybridized carbons (Fsp3) is 0.292. The Labute approximate surface area is 211 Å². The van der Waals surface area contributed by atoms with Crippen molar-refractivity contribution in [2.75, 3.05) is 48.8 Å². The summed E-state index contributed by atoms with van der Waals surface area (Å²) in [7, 11) is 2.05. The van der Waals surface area contributed by atoms with Crippen molar-refractivity contribution in [2.45, 2.75) is 13.2 Å². The average Bonchev–Trinajstić information content (AvgIpc) is 3.24. The zero-order valence-electron chi connectivity index (χ0n) is 19.4. The van der Waals surface area contributed by atoms with Gasteiger partial charge in [0.2, 0.25) is 5.95 Å². The minimum Gasteiger partial charge on any atom is -0.433 e. The van der Waals surface area contributed by atoms with Gasteiger partial charge in [-0.2, -0.15) is 13.8 Å². The molecule has 0 spiro atoms. The van der Waals surface area contributed by atoms with Crippen LogP contribution in [-0.4, -0.2) is 60.6 Å². The highest BCUT2D eigenvalue weighted by atomic mass is 35.5. The second kappa shape index (κ2) is 10.1. The summed E-state index contributed by atoms with van der Waals surface area (Å²) in [6.07, 6.45) is 1.38. The van der Waals surface area contributed by atoms with Crippen LogP contribution in [0.5, 0.6) is 5.75 Å². The molecule has 2 aliphatic rings. The molecule has 188 valence electrons. The molecule has 12 heteroatoms. The topological polar surface area (TPSA) is 94.7 Å². The molecule has 0 unspecified atom stereocenters. The molecule has 3 N–H and O–H groups in total. The number of hydrogen-bond acceptors (Lipinski definition) is 8. The normalized spacial score (nSPS) is 15.6. The van der Waals surface area contributed by atoms with Gasteiger partial charge >= 0.3 is 6.61 Å². The first-order valence-corrected chi connectivity index (χ1v) is 11.7. The molecule has 1 saturated heterocycles. The van der Waals surface area contributed by atoms with Crippen molar-refractivity contribution in [2.24, 2.45) is 0 Å². The van der Waals surface area contributed by atoms with Crippen molar-refractivity contribution in [1.29, 1.82) is 0 Å². The molecule has 1 aromatic heterocycles. The Kier molecular flexibility index (Phi) is 6.75. The largest absolute Gasteiger partial charge is 0.433 e. The number of amides is 1. The maximum Gasteiger partial charge on any atom is 0.387 e. The molecule has 9 nitrogen and oxygen atoms in total. The molecular weight excluding hydrogens is 492 g/mol. The lowest BCUT2D eigenvalue weighted by molar-refractivity contribution is -0.0493. The van der Waals surface area contributed by atoms with Crippen molar-refractivity contribution >= 4 is 46.3 Å². The van der Waals surface area contributed by atoms with E-state index in [-0.39, 0.29) is 34.1 Å². The maximum atomic E-state index is 13.2. The Hall–Kier alpha value is -3.70. The third-order valence-electron chi connectivity index (χ3n) is 6.11. The van der Waals surface area contributed by atoms with Gasteiger partial charge in [-0.25, -0.2) is 4.98 Å². The van der Waals surface area contributed by atoms with E-state index in [1.54, 1.807) is 18.2 Å². The second-order valence-corrected chi connectivity index (χ2v) is 8.92. The molecule has 0 bridgehead atoms. The SMILES string of the molecule is CN1CCN(c2ccc(Nc3ncc(Cl)c(Nc4cccc5c4C(=O)NC5)n3)c(OC(F)F)c2)CC1. The number of piperazine rings is 1. The van der Waals surface area contributed by atoms with Gasteiger partial charge in [-0.15, -0.1) is 0 Å². The van der Waals surface area contributed by atoms with E-state index in [4.69, 9.17) is 16.3 Å². The van der Waals surface area contributed by atoms with E-state index in [2.05, 4.69) is 35.7 Å². The summed E-state index contributed by atoms with van der Waals surface area (Å²) in [6, 6.07) is 10.5. The van der Waals surface area contributed by atoms with Gasteiger partial charge in [-0.1, -0.05) is 23.7 Å². The standard InChI is InChI=1S/C24H24ClF2N7O2/c1-33-7-9-34(10-8-33)15-5-6-17(19(11-15)36-23(26)27)31-24-29-13-16(25)21(32-24)30-18-4-2-3-14-12-28-22(35)20(14)18/h2-6,11,13,23H,7-10,12H2,1H3,(H,28,35)(H2,29,30,31,32).